The average molecular weight is 589 g/mol. The first-order chi connectivity index (χ1) is 20.6. The molecule has 0 spiro atoms. The highest BCUT2D eigenvalue weighted by Crippen LogP contribution is 2.41. The number of amides is 1. The van der Waals surface area contributed by atoms with E-state index in [0.29, 0.717) is 31.6 Å². The van der Waals surface area contributed by atoms with Gasteiger partial charge in [0.2, 0.25) is 0 Å². The number of aliphatic hydroxyl groups is 1. The number of pyridine rings is 1. The van der Waals surface area contributed by atoms with Gasteiger partial charge >= 0.3 is 6.18 Å². The fourth-order valence-electron chi connectivity index (χ4n) is 5.78. The molecule has 0 unspecified atom stereocenters. The third-order valence-electron chi connectivity index (χ3n) is 8.05. The molecule has 2 aliphatic heterocycles. The molecule has 43 heavy (non-hydrogen) atoms. The van der Waals surface area contributed by atoms with Crippen LogP contribution in [0.2, 0.25) is 0 Å². The number of nitrogens with one attached hydrogen (secondary N) is 3. The Morgan fingerprint density at radius 2 is 1.70 bits per heavy atom. The maximum Gasteiger partial charge on any atom is 0.398 e. The predicted octanol–water partition coefficient (Wildman–Crippen LogP) is 4.76. The van der Waals surface area contributed by atoms with E-state index in [2.05, 4.69) is 15.6 Å². The molecule has 1 aromatic heterocycles. The quantitative estimate of drug-likeness (QED) is 0.295. The maximum absolute atomic E-state index is 14.5. The summed E-state index contributed by atoms with van der Waals surface area (Å²) in [4.78, 5) is 18.9. The molecule has 11 heteroatoms. The van der Waals surface area contributed by atoms with Crippen LogP contribution < -0.4 is 15.5 Å². The van der Waals surface area contributed by atoms with E-state index in [1.165, 1.54) is 0 Å². The number of carbonyl (C=O) groups excluding carboxylic acids is 1. The van der Waals surface area contributed by atoms with E-state index in [9.17, 15) is 28.3 Å². The number of rotatable bonds is 7. The minimum Gasteiger partial charge on any atom is -0.382 e. The van der Waals surface area contributed by atoms with Crippen LogP contribution in [0.3, 0.4) is 0 Å². The minimum atomic E-state index is -4.98. The van der Waals surface area contributed by atoms with E-state index in [0.717, 1.165) is 22.4 Å². The molecular weight excluding hydrogens is 557 g/mol. The minimum absolute atomic E-state index is 0.227. The largest absolute Gasteiger partial charge is 0.398 e. The number of aromatic nitrogens is 1. The van der Waals surface area contributed by atoms with Gasteiger partial charge in [0, 0.05) is 30.3 Å². The van der Waals surface area contributed by atoms with Crippen molar-refractivity contribution in [3.63, 3.8) is 0 Å². The van der Waals surface area contributed by atoms with Crippen molar-refractivity contribution < 1.29 is 23.1 Å². The topological polar surface area (TPSA) is 125 Å². The van der Waals surface area contributed by atoms with Crippen molar-refractivity contribution >= 4 is 17.3 Å². The van der Waals surface area contributed by atoms with E-state index in [-0.39, 0.29) is 11.5 Å². The lowest BCUT2D eigenvalue weighted by atomic mass is 9.78. The van der Waals surface area contributed by atoms with Crippen LogP contribution in [0, 0.1) is 35.5 Å². The number of piperidine rings is 1. The zero-order valence-electron chi connectivity index (χ0n) is 23.4. The number of aliphatic hydroxyl groups excluding tert-OH is 1. The van der Waals surface area contributed by atoms with Gasteiger partial charge in [-0.3, -0.25) is 4.79 Å². The summed E-state index contributed by atoms with van der Waals surface area (Å²) in [6.45, 7) is 2.70. The van der Waals surface area contributed by atoms with Crippen LogP contribution in [-0.2, 0) is 4.79 Å². The summed E-state index contributed by atoms with van der Waals surface area (Å²) in [5, 5.41) is 34.3. The van der Waals surface area contributed by atoms with Crippen molar-refractivity contribution in [3.8, 4) is 6.07 Å². The van der Waals surface area contributed by atoms with Gasteiger partial charge in [-0.05, 0) is 42.5 Å². The highest BCUT2D eigenvalue weighted by molar-refractivity contribution is 6.03. The van der Waals surface area contributed by atoms with Crippen molar-refractivity contribution in [2.24, 2.45) is 11.8 Å². The number of hydrogen-bond acceptors (Lipinski definition) is 7. The molecule has 0 aliphatic carbocycles. The molecule has 222 valence electrons. The Bertz CT molecular complexity index is 1520. The van der Waals surface area contributed by atoms with E-state index in [4.69, 9.17) is 5.41 Å². The Hall–Kier alpha value is -4.69. The Balaban J connectivity index is 1.49. The standard InChI is InChI=1S/C32H31F3N6O2/c1-19-16-23(18-38-24(19)17-36)41-14-12-20(13-15-41)27(37)25-26(32(33,34)35)29(42)31(43)40-30(25)39-28(21-8-4-2-5-9-21)22-10-6-3-7-11-22/h2-11,16,18,20,26,28-29,37,39,42H,12-15H2,1H3,(H,40,43)/t26-,29-/m1/s1. The zero-order valence-corrected chi connectivity index (χ0v) is 23.4. The second kappa shape index (κ2) is 12.3. The van der Waals surface area contributed by atoms with Gasteiger partial charge in [-0.15, -0.1) is 0 Å². The first-order valence-corrected chi connectivity index (χ1v) is 13.9. The zero-order chi connectivity index (χ0) is 30.7. The highest BCUT2D eigenvalue weighted by Gasteiger charge is 2.54. The van der Waals surface area contributed by atoms with Gasteiger partial charge in [0.25, 0.3) is 5.91 Å². The number of halogens is 3. The number of nitriles is 1. The fraction of sp³-hybridized carbons (Fsp3) is 0.312. The molecule has 2 atom stereocenters. The summed E-state index contributed by atoms with van der Waals surface area (Å²) in [5.41, 5.74) is 2.62. The second-order valence-corrected chi connectivity index (χ2v) is 10.8. The Kier molecular flexibility index (Phi) is 8.50. The van der Waals surface area contributed by atoms with Crippen molar-refractivity contribution in [2.75, 3.05) is 18.0 Å². The molecule has 2 aliphatic rings. The van der Waals surface area contributed by atoms with Gasteiger partial charge in [0.05, 0.1) is 17.9 Å². The van der Waals surface area contributed by atoms with Gasteiger partial charge < -0.3 is 26.0 Å². The van der Waals surface area contributed by atoms with Gasteiger partial charge in [0.1, 0.15) is 29.6 Å². The molecule has 1 amide bonds. The van der Waals surface area contributed by atoms with Crippen LogP contribution in [0.4, 0.5) is 18.9 Å². The second-order valence-electron chi connectivity index (χ2n) is 10.8. The van der Waals surface area contributed by atoms with Gasteiger partial charge in [-0.2, -0.15) is 18.4 Å². The van der Waals surface area contributed by atoms with E-state index < -0.39 is 41.6 Å². The summed E-state index contributed by atoms with van der Waals surface area (Å²) < 4.78 is 43.6. The average Bonchev–Trinajstić information content (AvgIpc) is 3.01. The van der Waals surface area contributed by atoms with Gasteiger partial charge in [-0.25, -0.2) is 4.98 Å². The first-order valence-electron chi connectivity index (χ1n) is 13.9. The SMILES string of the molecule is Cc1cc(N2CCC(C(=N)C3=C(NC(c4ccccc4)c4ccccc4)NC(=O)[C@H](O)[C@@H]3C(F)(F)F)CC2)cnc1C#N. The van der Waals surface area contributed by atoms with E-state index in [1.807, 2.05) is 77.7 Å². The summed E-state index contributed by atoms with van der Waals surface area (Å²) in [5.74, 6) is -4.52. The Morgan fingerprint density at radius 1 is 1.12 bits per heavy atom. The molecule has 1 saturated heterocycles. The number of aryl methyl sites for hydroxylation is 1. The third kappa shape index (κ3) is 6.24. The van der Waals surface area contributed by atoms with Gasteiger partial charge in [0.15, 0.2) is 0 Å². The number of benzene rings is 2. The molecule has 1 fully saturated rings. The fourth-order valence-corrected chi connectivity index (χ4v) is 5.78. The normalized spacial score (nSPS) is 19.7. The molecule has 0 bridgehead atoms. The number of carbonyl (C=O) groups is 1. The summed E-state index contributed by atoms with van der Waals surface area (Å²) in [6.07, 6.45) is -5.01. The predicted molar refractivity (Wildman–Crippen MR) is 155 cm³/mol. The van der Waals surface area contributed by atoms with Crippen molar-refractivity contribution in [2.45, 2.75) is 38.1 Å². The molecule has 0 saturated carbocycles. The molecule has 3 aromatic rings. The molecule has 5 rings (SSSR count). The first kappa shape index (κ1) is 29.8. The third-order valence-corrected chi connectivity index (χ3v) is 8.05. The Morgan fingerprint density at radius 3 is 2.21 bits per heavy atom. The molecule has 8 nitrogen and oxygen atoms in total. The Labute approximate surface area is 247 Å². The monoisotopic (exact) mass is 588 g/mol. The van der Waals surface area contributed by atoms with Crippen LogP contribution in [0.5, 0.6) is 0 Å². The van der Waals surface area contributed by atoms with Crippen LogP contribution in [0.25, 0.3) is 0 Å². The molecule has 0 radical (unpaired) electrons. The van der Waals surface area contributed by atoms with Crippen LogP contribution in [0.15, 0.2) is 84.3 Å². The van der Waals surface area contributed by atoms with Crippen LogP contribution in [0.1, 0.15) is 41.3 Å². The van der Waals surface area contributed by atoms with Crippen LogP contribution >= 0.6 is 0 Å². The molecule has 4 N–H and O–H groups in total. The smallest absolute Gasteiger partial charge is 0.382 e. The van der Waals surface area contributed by atoms with Crippen molar-refractivity contribution in [3.05, 3.63) is 107 Å². The molecule has 3 heterocycles. The summed E-state index contributed by atoms with van der Waals surface area (Å²) in [7, 11) is 0. The number of nitrogens with zero attached hydrogens (tertiary/aromatic N) is 3. The number of anilines is 1. The number of alkyl halides is 3. The molecular formula is C32H31F3N6O2. The van der Waals surface area contributed by atoms with Crippen molar-refractivity contribution in [1.82, 2.24) is 15.6 Å². The number of hydrogen-bond donors (Lipinski definition) is 4. The van der Waals surface area contributed by atoms with Crippen LogP contribution in [-0.4, -0.2) is 47.1 Å². The maximum atomic E-state index is 14.5. The summed E-state index contributed by atoms with van der Waals surface area (Å²) in [6, 6.07) is 21.4. The molecule has 2 aromatic carbocycles. The summed E-state index contributed by atoms with van der Waals surface area (Å²) >= 11 is 0. The highest BCUT2D eigenvalue weighted by atomic mass is 19.4. The van der Waals surface area contributed by atoms with E-state index in [1.54, 1.807) is 13.1 Å². The lowest BCUT2D eigenvalue weighted by Gasteiger charge is -2.39. The van der Waals surface area contributed by atoms with E-state index >= 15 is 0 Å². The lowest BCUT2D eigenvalue weighted by molar-refractivity contribution is -0.192. The van der Waals surface area contributed by atoms with Crippen molar-refractivity contribution in [1.29, 1.82) is 10.7 Å². The van der Waals surface area contributed by atoms with Gasteiger partial charge in [-0.1, -0.05) is 60.7 Å². The lowest BCUT2D eigenvalue weighted by Crippen LogP contribution is -2.55.